The van der Waals surface area contributed by atoms with Gasteiger partial charge < -0.3 is 5.32 Å². The third kappa shape index (κ3) is 1.95. The van der Waals surface area contributed by atoms with Gasteiger partial charge in [-0.2, -0.15) is 5.10 Å². The second kappa shape index (κ2) is 4.70. The topological polar surface area (TPSA) is 53.6 Å². The summed E-state index contributed by atoms with van der Waals surface area (Å²) in [7, 11) is 0. The minimum atomic E-state index is -0.0177. The van der Waals surface area contributed by atoms with Crippen molar-refractivity contribution < 1.29 is 0 Å². The molecule has 1 saturated carbocycles. The van der Waals surface area contributed by atoms with Crippen LogP contribution in [0, 0.1) is 0 Å². The maximum Gasteiger partial charge on any atom is 0.161 e. The fourth-order valence-electron chi connectivity index (χ4n) is 3.28. The summed E-state index contributed by atoms with van der Waals surface area (Å²) in [4.78, 5) is 4.85. The first-order chi connectivity index (χ1) is 9.88. The van der Waals surface area contributed by atoms with Crippen molar-refractivity contribution in [2.24, 2.45) is 0 Å². The number of rotatable bonds is 3. The Balaban J connectivity index is 1.77. The van der Waals surface area contributed by atoms with Gasteiger partial charge in [-0.25, -0.2) is 4.98 Å². The first-order valence-corrected chi connectivity index (χ1v) is 7.57. The number of nitrogens with zero attached hydrogens (tertiary/aromatic N) is 2. The van der Waals surface area contributed by atoms with E-state index in [-0.39, 0.29) is 5.41 Å². The molecular formula is C16H20N4. The van der Waals surface area contributed by atoms with Crippen molar-refractivity contribution in [3.05, 3.63) is 47.5 Å². The minimum absolute atomic E-state index is 0.0177. The number of hydrogen-bond donors (Lipinski definition) is 2. The lowest BCUT2D eigenvalue weighted by Gasteiger charge is -2.35. The zero-order valence-electron chi connectivity index (χ0n) is 11.6. The predicted molar refractivity (Wildman–Crippen MR) is 77.7 cm³/mol. The van der Waals surface area contributed by atoms with E-state index in [1.807, 2.05) is 0 Å². The highest BCUT2D eigenvalue weighted by Gasteiger charge is 2.40. The van der Waals surface area contributed by atoms with Gasteiger partial charge in [0.25, 0.3) is 0 Å². The standard InChI is InChI=1S/C16H20N4/c1-2-4-13(5-3-1)16(8-10-17-11-9-16)15-18-14(19-20-15)12-6-7-12/h1-5,12,17H,6-11H2,(H,18,19,20). The summed E-state index contributed by atoms with van der Waals surface area (Å²) in [6, 6.07) is 10.8. The molecule has 2 aromatic rings. The third-order valence-electron chi connectivity index (χ3n) is 4.68. The summed E-state index contributed by atoms with van der Waals surface area (Å²) in [5.41, 5.74) is 1.33. The normalized spacial score (nSPS) is 21.8. The third-order valence-corrected chi connectivity index (χ3v) is 4.68. The van der Waals surface area contributed by atoms with Crippen LogP contribution in [-0.2, 0) is 5.41 Å². The molecule has 2 aliphatic rings. The molecule has 1 saturated heterocycles. The van der Waals surface area contributed by atoms with Crippen molar-refractivity contribution >= 4 is 0 Å². The molecule has 0 unspecified atom stereocenters. The van der Waals surface area contributed by atoms with Gasteiger partial charge in [-0.05, 0) is 44.3 Å². The molecule has 0 atom stereocenters. The SMILES string of the molecule is c1ccc(C2(c3n[nH]c(C4CC4)n3)CCNCC2)cc1. The van der Waals surface area contributed by atoms with Gasteiger partial charge in [0.1, 0.15) is 5.82 Å². The van der Waals surface area contributed by atoms with Gasteiger partial charge in [-0.15, -0.1) is 0 Å². The average molecular weight is 268 g/mol. The monoisotopic (exact) mass is 268 g/mol. The molecule has 2 N–H and O–H groups in total. The molecule has 4 rings (SSSR count). The van der Waals surface area contributed by atoms with Gasteiger partial charge in [0, 0.05) is 5.92 Å². The second-order valence-electron chi connectivity index (χ2n) is 6.02. The Labute approximate surface area is 119 Å². The molecule has 4 heteroatoms. The molecule has 1 aromatic carbocycles. The number of hydrogen-bond acceptors (Lipinski definition) is 3. The van der Waals surface area contributed by atoms with Crippen LogP contribution in [0.2, 0.25) is 0 Å². The number of piperidine rings is 1. The largest absolute Gasteiger partial charge is 0.317 e. The summed E-state index contributed by atoms with van der Waals surface area (Å²) in [6.07, 6.45) is 4.65. The van der Waals surface area contributed by atoms with E-state index in [0.29, 0.717) is 5.92 Å². The molecule has 104 valence electrons. The molecule has 0 spiro atoms. The lowest BCUT2D eigenvalue weighted by atomic mass is 9.72. The van der Waals surface area contributed by atoms with Crippen LogP contribution in [0.25, 0.3) is 0 Å². The average Bonchev–Trinajstić information content (AvgIpc) is 3.26. The molecule has 4 nitrogen and oxygen atoms in total. The lowest BCUT2D eigenvalue weighted by molar-refractivity contribution is 0.346. The van der Waals surface area contributed by atoms with Gasteiger partial charge in [0.05, 0.1) is 5.41 Å². The molecule has 0 bridgehead atoms. The summed E-state index contributed by atoms with van der Waals surface area (Å²) in [5.74, 6) is 2.71. The number of H-pyrrole nitrogens is 1. The summed E-state index contributed by atoms with van der Waals surface area (Å²) < 4.78 is 0. The van der Waals surface area contributed by atoms with Gasteiger partial charge in [0.15, 0.2) is 5.82 Å². The van der Waals surface area contributed by atoms with Crippen molar-refractivity contribution in [3.63, 3.8) is 0 Å². The van der Waals surface area contributed by atoms with E-state index in [2.05, 4.69) is 45.8 Å². The second-order valence-corrected chi connectivity index (χ2v) is 6.02. The van der Waals surface area contributed by atoms with Crippen LogP contribution >= 0.6 is 0 Å². The minimum Gasteiger partial charge on any atom is -0.317 e. The summed E-state index contributed by atoms with van der Waals surface area (Å²) >= 11 is 0. The van der Waals surface area contributed by atoms with Crippen LogP contribution in [0.5, 0.6) is 0 Å². The van der Waals surface area contributed by atoms with Crippen molar-refractivity contribution in [1.29, 1.82) is 0 Å². The van der Waals surface area contributed by atoms with E-state index in [1.54, 1.807) is 0 Å². The Morgan fingerprint density at radius 2 is 1.80 bits per heavy atom. The van der Waals surface area contributed by atoms with Crippen LogP contribution in [-0.4, -0.2) is 28.3 Å². The molecule has 0 radical (unpaired) electrons. The van der Waals surface area contributed by atoms with Crippen LogP contribution in [0.1, 0.15) is 48.8 Å². The van der Waals surface area contributed by atoms with E-state index < -0.39 is 0 Å². The molecule has 1 aliphatic carbocycles. The fraction of sp³-hybridized carbons (Fsp3) is 0.500. The molecule has 2 fully saturated rings. The van der Waals surface area contributed by atoms with Gasteiger partial charge in [-0.1, -0.05) is 30.3 Å². The molecular weight excluding hydrogens is 248 g/mol. The van der Waals surface area contributed by atoms with Crippen molar-refractivity contribution in [2.75, 3.05) is 13.1 Å². The number of benzene rings is 1. The summed E-state index contributed by atoms with van der Waals surface area (Å²) in [6.45, 7) is 2.06. The smallest absolute Gasteiger partial charge is 0.161 e. The Kier molecular flexibility index (Phi) is 2.84. The number of aromatic nitrogens is 3. The van der Waals surface area contributed by atoms with Gasteiger partial charge in [-0.3, -0.25) is 5.10 Å². The van der Waals surface area contributed by atoms with E-state index in [9.17, 15) is 0 Å². The highest BCUT2D eigenvalue weighted by Crippen LogP contribution is 2.41. The van der Waals surface area contributed by atoms with Crippen LogP contribution in [0.4, 0.5) is 0 Å². The molecule has 20 heavy (non-hydrogen) atoms. The predicted octanol–water partition coefficient (Wildman–Crippen LogP) is 2.35. The molecule has 0 amide bonds. The van der Waals surface area contributed by atoms with Crippen molar-refractivity contribution in [2.45, 2.75) is 37.0 Å². The van der Waals surface area contributed by atoms with E-state index in [1.165, 1.54) is 18.4 Å². The van der Waals surface area contributed by atoms with Crippen molar-refractivity contribution in [3.8, 4) is 0 Å². The van der Waals surface area contributed by atoms with E-state index >= 15 is 0 Å². The number of aromatic amines is 1. The van der Waals surface area contributed by atoms with E-state index in [4.69, 9.17) is 4.98 Å². The van der Waals surface area contributed by atoms with Crippen LogP contribution in [0.15, 0.2) is 30.3 Å². The highest BCUT2D eigenvalue weighted by molar-refractivity contribution is 5.34. The van der Waals surface area contributed by atoms with Gasteiger partial charge >= 0.3 is 0 Å². The maximum absolute atomic E-state index is 4.85. The van der Waals surface area contributed by atoms with E-state index in [0.717, 1.165) is 37.6 Å². The molecule has 2 heterocycles. The lowest BCUT2D eigenvalue weighted by Crippen LogP contribution is -2.41. The quantitative estimate of drug-likeness (QED) is 0.898. The Morgan fingerprint density at radius 1 is 1.05 bits per heavy atom. The summed E-state index contributed by atoms with van der Waals surface area (Å²) in [5, 5.41) is 11.2. The maximum atomic E-state index is 4.85. The van der Waals surface area contributed by atoms with Crippen molar-refractivity contribution in [1.82, 2.24) is 20.5 Å². The van der Waals surface area contributed by atoms with Crippen LogP contribution in [0.3, 0.4) is 0 Å². The Bertz CT molecular complexity index is 580. The fourth-order valence-corrected chi connectivity index (χ4v) is 3.28. The molecule has 1 aliphatic heterocycles. The van der Waals surface area contributed by atoms with Gasteiger partial charge in [0.2, 0.25) is 0 Å². The zero-order valence-corrected chi connectivity index (χ0v) is 11.6. The Hall–Kier alpha value is -1.68. The molecule has 1 aromatic heterocycles. The first kappa shape index (κ1) is 12.1. The number of nitrogens with one attached hydrogen (secondary N) is 2. The zero-order chi connectivity index (χ0) is 13.4. The van der Waals surface area contributed by atoms with Crippen LogP contribution < -0.4 is 5.32 Å². The first-order valence-electron chi connectivity index (χ1n) is 7.57. The highest BCUT2D eigenvalue weighted by atomic mass is 15.2. The Morgan fingerprint density at radius 3 is 2.50 bits per heavy atom.